The highest BCUT2D eigenvalue weighted by molar-refractivity contribution is 6.33. The van der Waals surface area contributed by atoms with Crippen molar-refractivity contribution in [3.8, 4) is 16.9 Å². The summed E-state index contributed by atoms with van der Waals surface area (Å²) in [6.45, 7) is 1.23. The molecule has 92 valence electrons. The minimum atomic E-state index is 0.487. The molecule has 2 aromatic carbocycles. The van der Waals surface area contributed by atoms with E-state index < -0.39 is 0 Å². The third-order valence-corrected chi connectivity index (χ3v) is 3.59. The van der Waals surface area contributed by atoms with Crippen molar-refractivity contribution in [2.75, 3.05) is 6.61 Å². The van der Waals surface area contributed by atoms with Gasteiger partial charge in [0.1, 0.15) is 5.75 Å². The van der Waals surface area contributed by atoms with Gasteiger partial charge in [-0.3, -0.25) is 0 Å². The van der Waals surface area contributed by atoms with Gasteiger partial charge in [0.25, 0.3) is 0 Å². The van der Waals surface area contributed by atoms with Crippen LogP contribution in [0, 0.1) is 0 Å². The van der Waals surface area contributed by atoms with Crippen molar-refractivity contribution in [3.05, 3.63) is 52.5 Å². The van der Waals surface area contributed by atoms with Crippen LogP contribution in [0.25, 0.3) is 11.1 Å². The van der Waals surface area contributed by atoms with Crippen LogP contribution in [0.1, 0.15) is 11.1 Å². The molecule has 0 aliphatic carbocycles. The maximum Gasteiger partial charge on any atom is 0.127 e. The van der Waals surface area contributed by atoms with Gasteiger partial charge in [0.15, 0.2) is 0 Å². The molecule has 0 spiro atoms. The van der Waals surface area contributed by atoms with E-state index in [2.05, 4.69) is 12.1 Å². The van der Waals surface area contributed by atoms with E-state index in [0.717, 1.165) is 40.5 Å². The van der Waals surface area contributed by atoms with E-state index in [0.29, 0.717) is 6.54 Å². The van der Waals surface area contributed by atoms with E-state index in [1.54, 1.807) is 0 Å². The molecule has 0 bridgehead atoms. The van der Waals surface area contributed by atoms with Gasteiger partial charge >= 0.3 is 0 Å². The molecule has 0 amide bonds. The first kappa shape index (κ1) is 11.6. The fourth-order valence-electron chi connectivity index (χ4n) is 2.39. The van der Waals surface area contributed by atoms with Crippen LogP contribution >= 0.6 is 11.6 Å². The second-order valence-electron chi connectivity index (χ2n) is 4.41. The zero-order valence-electron chi connectivity index (χ0n) is 9.95. The number of halogens is 1. The number of nitrogens with two attached hydrogens (primary N) is 1. The minimum absolute atomic E-state index is 0.487. The predicted molar refractivity (Wildman–Crippen MR) is 74.0 cm³/mol. The van der Waals surface area contributed by atoms with Crippen LogP contribution in [0.4, 0.5) is 0 Å². The van der Waals surface area contributed by atoms with Gasteiger partial charge in [0.05, 0.1) is 6.61 Å². The fourth-order valence-corrected chi connectivity index (χ4v) is 2.64. The highest BCUT2D eigenvalue weighted by Crippen LogP contribution is 2.36. The Labute approximate surface area is 111 Å². The SMILES string of the molecule is NCc1cc(-c2ccccc2Cl)cc2c1OCC2. The maximum absolute atomic E-state index is 6.24. The van der Waals surface area contributed by atoms with Crippen LogP contribution in [0.15, 0.2) is 36.4 Å². The molecule has 0 saturated heterocycles. The standard InChI is InChI=1S/C15H14ClNO/c16-14-4-2-1-3-13(14)11-7-10-5-6-18-15(10)12(8-11)9-17/h1-4,7-8H,5-6,9,17H2. The molecule has 0 unspecified atom stereocenters. The molecule has 0 aromatic heterocycles. The Morgan fingerprint density at radius 3 is 2.83 bits per heavy atom. The van der Waals surface area contributed by atoms with Gasteiger partial charge in [-0.1, -0.05) is 29.8 Å². The quantitative estimate of drug-likeness (QED) is 0.897. The normalized spacial score (nSPS) is 13.2. The summed E-state index contributed by atoms with van der Waals surface area (Å²) in [5.41, 5.74) is 10.2. The topological polar surface area (TPSA) is 35.2 Å². The molecular formula is C15H14ClNO. The number of hydrogen-bond acceptors (Lipinski definition) is 2. The van der Waals surface area contributed by atoms with Crippen LogP contribution in [0.5, 0.6) is 5.75 Å². The fraction of sp³-hybridized carbons (Fsp3) is 0.200. The monoisotopic (exact) mass is 259 g/mol. The van der Waals surface area contributed by atoms with E-state index in [1.807, 2.05) is 24.3 Å². The summed E-state index contributed by atoms with van der Waals surface area (Å²) in [4.78, 5) is 0. The first-order chi connectivity index (χ1) is 8.79. The zero-order valence-corrected chi connectivity index (χ0v) is 10.7. The molecule has 0 atom stereocenters. The van der Waals surface area contributed by atoms with E-state index in [-0.39, 0.29) is 0 Å². The Bertz CT molecular complexity index is 595. The maximum atomic E-state index is 6.24. The van der Waals surface area contributed by atoms with Gasteiger partial charge in [-0.25, -0.2) is 0 Å². The second-order valence-corrected chi connectivity index (χ2v) is 4.81. The summed E-state index contributed by atoms with van der Waals surface area (Å²) in [5, 5.41) is 0.763. The van der Waals surface area contributed by atoms with Crippen molar-refractivity contribution in [3.63, 3.8) is 0 Å². The van der Waals surface area contributed by atoms with Gasteiger partial charge in [0, 0.05) is 29.1 Å². The van der Waals surface area contributed by atoms with E-state index in [9.17, 15) is 0 Å². The molecule has 1 heterocycles. The van der Waals surface area contributed by atoms with Crippen molar-refractivity contribution in [1.29, 1.82) is 0 Å². The van der Waals surface area contributed by atoms with Crippen molar-refractivity contribution in [2.45, 2.75) is 13.0 Å². The lowest BCUT2D eigenvalue weighted by atomic mass is 9.98. The zero-order chi connectivity index (χ0) is 12.5. The number of ether oxygens (including phenoxy) is 1. The smallest absolute Gasteiger partial charge is 0.127 e. The average Bonchev–Trinajstić information content (AvgIpc) is 2.86. The Hall–Kier alpha value is -1.51. The highest BCUT2D eigenvalue weighted by Gasteiger charge is 2.18. The Balaban J connectivity index is 2.17. The molecule has 0 radical (unpaired) electrons. The van der Waals surface area contributed by atoms with Gasteiger partial charge in [-0.2, -0.15) is 0 Å². The predicted octanol–water partition coefficient (Wildman–Crippen LogP) is 3.40. The molecule has 1 aliphatic rings. The third-order valence-electron chi connectivity index (χ3n) is 3.27. The first-order valence-electron chi connectivity index (χ1n) is 6.03. The van der Waals surface area contributed by atoms with Gasteiger partial charge in [-0.15, -0.1) is 0 Å². The summed E-state index contributed by atoms with van der Waals surface area (Å²) < 4.78 is 5.63. The largest absolute Gasteiger partial charge is 0.493 e. The molecule has 2 nitrogen and oxygen atoms in total. The van der Waals surface area contributed by atoms with Gasteiger partial charge < -0.3 is 10.5 Å². The number of hydrogen-bond donors (Lipinski definition) is 1. The lowest BCUT2D eigenvalue weighted by Crippen LogP contribution is -2.00. The Morgan fingerprint density at radius 1 is 1.22 bits per heavy atom. The third kappa shape index (κ3) is 1.88. The van der Waals surface area contributed by atoms with E-state index in [1.165, 1.54) is 5.56 Å². The van der Waals surface area contributed by atoms with Crippen molar-refractivity contribution in [1.82, 2.24) is 0 Å². The van der Waals surface area contributed by atoms with Crippen LogP contribution in [0.2, 0.25) is 5.02 Å². The summed E-state index contributed by atoms with van der Waals surface area (Å²) in [6.07, 6.45) is 0.945. The van der Waals surface area contributed by atoms with Crippen LogP contribution in [-0.2, 0) is 13.0 Å². The summed E-state index contributed by atoms with van der Waals surface area (Å²) in [7, 11) is 0. The number of fused-ring (bicyclic) bond motifs is 1. The van der Waals surface area contributed by atoms with Gasteiger partial charge in [0.2, 0.25) is 0 Å². The molecular weight excluding hydrogens is 246 g/mol. The molecule has 1 aliphatic heterocycles. The van der Waals surface area contributed by atoms with Crippen LogP contribution in [-0.4, -0.2) is 6.61 Å². The first-order valence-corrected chi connectivity index (χ1v) is 6.41. The van der Waals surface area contributed by atoms with E-state index >= 15 is 0 Å². The molecule has 3 heteroatoms. The number of benzene rings is 2. The molecule has 3 rings (SSSR count). The molecule has 0 fully saturated rings. The van der Waals surface area contributed by atoms with Gasteiger partial charge in [-0.05, 0) is 29.3 Å². The summed E-state index contributed by atoms with van der Waals surface area (Å²) >= 11 is 6.24. The van der Waals surface area contributed by atoms with Crippen molar-refractivity contribution >= 4 is 11.6 Å². The molecule has 18 heavy (non-hydrogen) atoms. The Kier molecular flexibility index (Phi) is 2.98. The molecule has 0 saturated carbocycles. The second kappa shape index (κ2) is 4.63. The summed E-state index contributed by atoms with van der Waals surface area (Å²) in [5.74, 6) is 0.966. The van der Waals surface area contributed by atoms with E-state index in [4.69, 9.17) is 22.1 Å². The Morgan fingerprint density at radius 2 is 2.06 bits per heavy atom. The summed E-state index contributed by atoms with van der Waals surface area (Å²) in [6, 6.07) is 12.1. The minimum Gasteiger partial charge on any atom is -0.493 e. The molecule has 2 aromatic rings. The number of rotatable bonds is 2. The average molecular weight is 260 g/mol. The van der Waals surface area contributed by atoms with Crippen LogP contribution < -0.4 is 10.5 Å². The van der Waals surface area contributed by atoms with Crippen LogP contribution in [0.3, 0.4) is 0 Å². The molecule has 2 N–H and O–H groups in total. The van der Waals surface area contributed by atoms with Crippen molar-refractivity contribution in [2.24, 2.45) is 5.73 Å². The lowest BCUT2D eigenvalue weighted by Gasteiger charge is -2.11. The highest BCUT2D eigenvalue weighted by atomic mass is 35.5. The lowest BCUT2D eigenvalue weighted by molar-refractivity contribution is 0.353. The van der Waals surface area contributed by atoms with Crippen molar-refractivity contribution < 1.29 is 4.74 Å².